The zero-order valence-corrected chi connectivity index (χ0v) is 13.9. The Morgan fingerprint density at radius 2 is 1.86 bits per heavy atom. The summed E-state index contributed by atoms with van der Waals surface area (Å²) < 4.78 is 27.2. The van der Waals surface area contributed by atoms with Crippen LogP contribution in [0.25, 0.3) is 0 Å². The number of carboxylic acids is 1. The van der Waals surface area contributed by atoms with E-state index < -0.39 is 21.9 Å². The molecule has 0 bridgehead atoms. The van der Waals surface area contributed by atoms with E-state index in [4.69, 9.17) is 5.11 Å². The van der Waals surface area contributed by atoms with Gasteiger partial charge in [-0.15, -0.1) is 11.3 Å². The molecular weight excluding hydrogens is 322 g/mol. The Bertz CT molecular complexity index is 763. The predicted octanol–water partition coefficient (Wildman–Crippen LogP) is 3.12. The quantitative estimate of drug-likeness (QED) is 0.847. The minimum Gasteiger partial charge on any atom is -0.481 e. The molecule has 0 aliphatic carbocycles. The summed E-state index contributed by atoms with van der Waals surface area (Å²) in [6, 6.07) is 10.1. The lowest BCUT2D eigenvalue weighted by molar-refractivity contribution is -0.141. The van der Waals surface area contributed by atoms with E-state index in [2.05, 4.69) is 4.72 Å². The third kappa shape index (κ3) is 4.08. The minimum atomic E-state index is -3.57. The zero-order valence-electron chi connectivity index (χ0n) is 12.2. The van der Waals surface area contributed by atoms with Crippen LogP contribution in [0.5, 0.6) is 0 Å². The highest BCUT2D eigenvalue weighted by atomic mass is 32.2. The summed E-state index contributed by atoms with van der Waals surface area (Å²) in [4.78, 5) is 11.8. The van der Waals surface area contributed by atoms with Crippen molar-refractivity contribution in [3.63, 3.8) is 0 Å². The molecule has 1 aromatic heterocycles. The molecule has 0 aliphatic rings. The van der Waals surface area contributed by atoms with Gasteiger partial charge in [0.2, 0.25) is 0 Å². The highest BCUT2D eigenvalue weighted by Gasteiger charge is 2.16. The summed E-state index contributed by atoms with van der Waals surface area (Å²) in [5.74, 6) is -1.32. The van der Waals surface area contributed by atoms with Crippen molar-refractivity contribution in [2.75, 3.05) is 4.72 Å². The summed E-state index contributed by atoms with van der Waals surface area (Å²) in [7, 11) is -3.57. The molecule has 0 spiro atoms. The van der Waals surface area contributed by atoms with E-state index >= 15 is 0 Å². The largest absolute Gasteiger partial charge is 0.481 e. The Balaban J connectivity index is 2.10. The number of carbonyl (C=O) groups is 1. The standard InChI is InChI=1S/C15H17NO4S2/c1-10(15(17)18)9-12-4-6-13(7-5-12)16-22(19,20)14-8-3-11(2)21-14/h3-8,10,16H,9H2,1-2H3,(H,17,18). The molecule has 0 amide bonds. The van der Waals surface area contributed by atoms with E-state index in [9.17, 15) is 13.2 Å². The molecule has 0 radical (unpaired) electrons. The van der Waals surface area contributed by atoms with E-state index in [1.807, 2.05) is 6.92 Å². The number of anilines is 1. The number of thiophene rings is 1. The van der Waals surface area contributed by atoms with Crippen molar-refractivity contribution in [3.05, 3.63) is 46.8 Å². The number of rotatable bonds is 6. The average molecular weight is 339 g/mol. The lowest BCUT2D eigenvalue weighted by atomic mass is 10.0. The van der Waals surface area contributed by atoms with Crippen molar-refractivity contribution in [1.82, 2.24) is 0 Å². The van der Waals surface area contributed by atoms with Crippen LogP contribution < -0.4 is 4.72 Å². The molecule has 0 saturated heterocycles. The van der Waals surface area contributed by atoms with Crippen molar-refractivity contribution >= 4 is 33.0 Å². The average Bonchev–Trinajstić information content (AvgIpc) is 2.88. The van der Waals surface area contributed by atoms with Gasteiger partial charge in [0.1, 0.15) is 4.21 Å². The van der Waals surface area contributed by atoms with Gasteiger partial charge >= 0.3 is 5.97 Å². The molecule has 2 rings (SSSR count). The lowest BCUT2D eigenvalue weighted by Gasteiger charge is -2.09. The number of aliphatic carboxylic acids is 1. The Labute approximate surface area is 133 Å². The van der Waals surface area contributed by atoms with Gasteiger partial charge < -0.3 is 5.11 Å². The van der Waals surface area contributed by atoms with Gasteiger partial charge in [-0.2, -0.15) is 0 Å². The molecule has 22 heavy (non-hydrogen) atoms. The maximum absolute atomic E-state index is 12.2. The lowest BCUT2D eigenvalue weighted by Crippen LogP contribution is -2.13. The van der Waals surface area contributed by atoms with Gasteiger partial charge in [0, 0.05) is 10.6 Å². The predicted molar refractivity (Wildman–Crippen MR) is 86.8 cm³/mol. The zero-order chi connectivity index (χ0) is 16.3. The Hall–Kier alpha value is -1.86. The van der Waals surface area contributed by atoms with Crippen LogP contribution in [0.1, 0.15) is 17.4 Å². The monoisotopic (exact) mass is 339 g/mol. The first-order chi connectivity index (χ1) is 10.3. The van der Waals surface area contributed by atoms with Crippen molar-refractivity contribution in [1.29, 1.82) is 0 Å². The van der Waals surface area contributed by atoms with E-state index in [-0.39, 0.29) is 4.21 Å². The summed E-state index contributed by atoms with van der Waals surface area (Å²) in [5, 5.41) is 8.89. The van der Waals surface area contributed by atoms with Gasteiger partial charge in [0.25, 0.3) is 10.0 Å². The van der Waals surface area contributed by atoms with Crippen LogP contribution in [0.2, 0.25) is 0 Å². The molecule has 118 valence electrons. The molecular formula is C15H17NO4S2. The van der Waals surface area contributed by atoms with Crippen molar-refractivity contribution < 1.29 is 18.3 Å². The molecule has 5 nitrogen and oxygen atoms in total. The highest BCUT2D eigenvalue weighted by Crippen LogP contribution is 2.23. The van der Waals surface area contributed by atoms with Crippen LogP contribution in [0.4, 0.5) is 5.69 Å². The summed E-state index contributed by atoms with van der Waals surface area (Å²) in [6.07, 6.45) is 0.409. The SMILES string of the molecule is Cc1ccc(S(=O)(=O)Nc2ccc(CC(C)C(=O)O)cc2)s1. The van der Waals surface area contributed by atoms with Gasteiger partial charge in [0.05, 0.1) is 5.92 Å². The molecule has 0 fully saturated rings. The van der Waals surface area contributed by atoms with Gasteiger partial charge in [-0.3, -0.25) is 9.52 Å². The molecule has 0 aliphatic heterocycles. The number of sulfonamides is 1. The molecule has 2 N–H and O–H groups in total. The summed E-state index contributed by atoms with van der Waals surface area (Å²) in [6.45, 7) is 3.49. The van der Waals surface area contributed by atoms with Crippen LogP contribution in [-0.4, -0.2) is 19.5 Å². The maximum atomic E-state index is 12.2. The van der Waals surface area contributed by atoms with Gasteiger partial charge in [-0.25, -0.2) is 8.42 Å². The number of hydrogen-bond donors (Lipinski definition) is 2. The minimum absolute atomic E-state index is 0.272. The molecule has 1 heterocycles. The Morgan fingerprint density at radius 1 is 1.23 bits per heavy atom. The number of aryl methyl sites for hydroxylation is 1. The Kier molecular flexibility index (Phi) is 4.87. The van der Waals surface area contributed by atoms with Gasteiger partial charge in [-0.1, -0.05) is 19.1 Å². The number of nitrogens with one attached hydrogen (secondary N) is 1. The summed E-state index contributed by atoms with van der Waals surface area (Å²) in [5.41, 5.74) is 1.31. The van der Waals surface area contributed by atoms with Gasteiger partial charge in [0.15, 0.2) is 0 Å². The van der Waals surface area contributed by atoms with Crippen LogP contribution in [-0.2, 0) is 21.2 Å². The number of carboxylic acid groups (broad SMARTS) is 1. The normalized spacial score (nSPS) is 12.8. The first-order valence-corrected chi connectivity index (χ1v) is 8.99. The molecule has 2 aromatic rings. The van der Waals surface area contributed by atoms with E-state index in [1.54, 1.807) is 43.3 Å². The van der Waals surface area contributed by atoms with Gasteiger partial charge in [-0.05, 0) is 43.2 Å². The first kappa shape index (κ1) is 16.5. The van der Waals surface area contributed by atoms with E-state index in [1.165, 1.54) is 11.3 Å². The second kappa shape index (κ2) is 6.50. The highest BCUT2D eigenvalue weighted by molar-refractivity contribution is 7.94. The Morgan fingerprint density at radius 3 is 2.36 bits per heavy atom. The maximum Gasteiger partial charge on any atom is 0.306 e. The fraction of sp³-hybridized carbons (Fsp3) is 0.267. The van der Waals surface area contributed by atoms with Crippen LogP contribution in [0.3, 0.4) is 0 Å². The molecule has 0 saturated carbocycles. The van der Waals surface area contributed by atoms with E-state index in [0.29, 0.717) is 12.1 Å². The number of hydrogen-bond acceptors (Lipinski definition) is 4. The number of benzene rings is 1. The fourth-order valence-corrected chi connectivity index (χ4v) is 4.25. The summed E-state index contributed by atoms with van der Waals surface area (Å²) >= 11 is 1.21. The molecule has 7 heteroatoms. The topological polar surface area (TPSA) is 83.5 Å². The molecule has 1 unspecified atom stereocenters. The second-order valence-corrected chi connectivity index (χ2v) is 8.31. The molecule has 1 aromatic carbocycles. The third-order valence-corrected chi connectivity index (χ3v) is 6.02. The van der Waals surface area contributed by atoms with Crippen LogP contribution in [0.15, 0.2) is 40.6 Å². The fourth-order valence-electron chi connectivity index (χ4n) is 1.91. The smallest absolute Gasteiger partial charge is 0.306 e. The van der Waals surface area contributed by atoms with Crippen LogP contribution in [0, 0.1) is 12.8 Å². The van der Waals surface area contributed by atoms with Crippen molar-refractivity contribution in [3.8, 4) is 0 Å². The van der Waals surface area contributed by atoms with Crippen molar-refractivity contribution in [2.45, 2.75) is 24.5 Å². The van der Waals surface area contributed by atoms with E-state index in [0.717, 1.165) is 10.4 Å². The second-order valence-electron chi connectivity index (χ2n) is 5.11. The van der Waals surface area contributed by atoms with Crippen molar-refractivity contribution in [2.24, 2.45) is 5.92 Å². The third-order valence-electron chi connectivity index (χ3n) is 3.15. The van der Waals surface area contributed by atoms with Crippen LogP contribution >= 0.6 is 11.3 Å². The first-order valence-electron chi connectivity index (χ1n) is 6.69. The molecule has 1 atom stereocenters.